The molecule has 0 saturated carbocycles. The Kier molecular flexibility index (Phi) is 7.93. The van der Waals surface area contributed by atoms with Crippen LogP contribution in [0.15, 0.2) is 77.8 Å². The highest BCUT2D eigenvalue weighted by Gasteiger charge is 2.19. The van der Waals surface area contributed by atoms with Crippen LogP contribution in [0.3, 0.4) is 0 Å². The average molecular weight is 484 g/mol. The number of aromatic nitrogens is 1. The molecule has 2 amide bonds. The first kappa shape index (κ1) is 24.4. The summed E-state index contributed by atoms with van der Waals surface area (Å²) < 4.78 is 36.0. The number of carbonyl (C=O) groups is 3. The molecular weight excluding hydrogens is 462 g/mol. The molecule has 0 unspecified atom stereocenters. The zero-order chi connectivity index (χ0) is 24.6. The van der Waals surface area contributed by atoms with Gasteiger partial charge in [-0.1, -0.05) is 30.3 Å². The molecule has 0 radical (unpaired) electrons. The normalized spacial score (nSPS) is 10.7. The van der Waals surface area contributed by atoms with Gasteiger partial charge in [-0.25, -0.2) is 22.9 Å². The van der Waals surface area contributed by atoms with Crippen LogP contribution >= 0.6 is 0 Å². The highest BCUT2D eigenvalue weighted by Crippen LogP contribution is 2.16. The molecule has 3 rings (SSSR count). The quantitative estimate of drug-likeness (QED) is 0.466. The van der Waals surface area contributed by atoms with Crippen molar-refractivity contribution >= 4 is 33.7 Å². The zero-order valence-electron chi connectivity index (χ0n) is 18.1. The number of amides is 2. The fourth-order valence-electron chi connectivity index (χ4n) is 2.79. The van der Waals surface area contributed by atoms with Gasteiger partial charge in [0.05, 0.1) is 17.6 Å². The zero-order valence-corrected chi connectivity index (χ0v) is 18.9. The van der Waals surface area contributed by atoms with Crippen LogP contribution in [-0.2, 0) is 26.0 Å². The number of nitrogens with zero attached hydrogens (tertiary/aromatic N) is 1. The lowest BCUT2D eigenvalue weighted by Crippen LogP contribution is -2.30. The van der Waals surface area contributed by atoms with Crippen molar-refractivity contribution in [3.05, 3.63) is 84.1 Å². The van der Waals surface area contributed by atoms with E-state index in [0.717, 1.165) is 18.9 Å². The molecule has 1 heterocycles. The predicted octanol–water partition coefficient (Wildman–Crippen LogP) is 2.92. The van der Waals surface area contributed by atoms with Crippen molar-refractivity contribution in [2.45, 2.75) is 17.7 Å². The van der Waals surface area contributed by atoms with E-state index in [1.165, 1.54) is 36.4 Å². The second kappa shape index (κ2) is 11.1. The Balaban J connectivity index is 1.57. The molecule has 3 aromatic rings. The van der Waals surface area contributed by atoms with Crippen LogP contribution < -0.4 is 14.8 Å². The number of aryl methyl sites for hydroxylation is 1. The van der Waals surface area contributed by atoms with Gasteiger partial charge < -0.3 is 14.8 Å². The van der Waals surface area contributed by atoms with Gasteiger partial charge in [0.1, 0.15) is 0 Å². The first-order chi connectivity index (χ1) is 16.3. The van der Waals surface area contributed by atoms with E-state index in [1.807, 2.05) is 35.1 Å². The molecule has 0 fully saturated rings. The van der Waals surface area contributed by atoms with Gasteiger partial charge in [0.25, 0.3) is 15.9 Å². The van der Waals surface area contributed by atoms with E-state index in [-0.39, 0.29) is 28.7 Å². The molecule has 0 aliphatic heterocycles. The molecule has 0 spiro atoms. The minimum atomic E-state index is -4.18. The highest BCUT2D eigenvalue weighted by atomic mass is 32.2. The van der Waals surface area contributed by atoms with Gasteiger partial charge in [0.2, 0.25) is 11.8 Å². The molecule has 11 heteroatoms. The standard InChI is InChI=1S/C23H21N3O7S/c1-32-23(29)33-21-14-8-17(15-24-21)22(28)26-34(30,31)19-11-9-18(10-12-19)25-20(27)13-7-16-5-3-2-4-6-16/h2-6,8-12,14-15H,7,13H2,1H3,(H,25,27)(H,26,28). The number of hydrogen-bond donors (Lipinski definition) is 2. The number of hydrogen-bond acceptors (Lipinski definition) is 8. The van der Waals surface area contributed by atoms with Crippen LogP contribution in [0, 0.1) is 0 Å². The van der Waals surface area contributed by atoms with Crippen LogP contribution in [0.1, 0.15) is 22.3 Å². The summed E-state index contributed by atoms with van der Waals surface area (Å²) in [5, 5.41) is 2.71. The second-order valence-corrected chi connectivity index (χ2v) is 8.62. The van der Waals surface area contributed by atoms with Crippen molar-refractivity contribution in [1.82, 2.24) is 9.71 Å². The summed E-state index contributed by atoms with van der Waals surface area (Å²) in [6.07, 6.45) is 0.924. The second-order valence-electron chi connectivity index (χ2n) is 6.93. The monoisotopic (exact) mass is 483 g/mol. The number of pyridine rings is 1. The number of benzene rings is 2. The fourth-order valence-corrected chi connectivity index (χ4v) is 3.76. The van der Waals surface area contributed by atoms with E-state index in [1.54, 1.807) is 0 Å². The summed E-state index contributed by atoms with van der Waals surface area (Å²) in [5.41, 5.74) is 1.40. The van der Waals surface area contributed by atoms with E-state index in [9.17, 15) is 22.8 Å². The number of anilines is 1. The molecule has 0 atom stereocenters. The van der Waals surface area contributed by atoms with Crippen LogP contribution in [0.2, 0.25) is 0 Å². The Hall–Kier alpha value is -4.25. The lowest BCUT2D eigenvalue weighted by molar-refractivity contribution is -0.116. The van der Waals surface area contributed by atoms with Crippen molar-refractivity contribution in [3.8, 4) is 5.88 Å². The smallest absolute Gasteiger partial charge is 0.437 e. The van der Waals surface area contributed by atoms with Crippen molar-refractivity contribution in [3.63, 3.8) is 0 Å². The molecule has 2 aromatic carbocycles. The minimum Gasteiger partial charge on any atom is -0.437 e. The lowest BCUT2D eigenvalue weighted by atomic mass is 10.1. The average Bonchev–Trinajstić information content (AvgIpc) is 2.84. The van der Waals surface area contributed by atoms with Gasteiger partial charge in [-0.15, -0.1) is 0 Å². The molecule has 34 heavy (non-hydrogen) atoms. The summed E-state index contributed by atoms with van der Waals surface area (Å²) in [7, 11) is -3.05. The maximum absolute atomic E-state index is 12.5. The van der Waals surface area contributed by atoms with Crippen LogP contribution in [0.4, 0.5) is 10.5 Å². The van der Waals surface area contributed by atoms with Gasteiger partial charge in [0, 0.05) is 24.4 Å². The largest absolute Gasteiger partial charge is 0.514 e. The summed E-state index contributed by atoms with van der Waals surface area (Å²) in [6.45, 7) is 0. The van der Waals surface area contributed by atoms with Crippen LogP contribution in [0.25, 0.3) is 0 Å². The van der Waals surface area contributed by atoms with Crippen LogP contribution in [0.5, 0.6) is 5.88 Å². The van der Waals surface area contributed by atoms with E-state index in [2.05, 4.69) is 15.0 Å². The molecule has 0 aliphatic rings. The molecule has 1 aromatic heterocycles. The maximum Gasteiger partial charge on any atom is 0.514 e. The molecule has 2 N–H and O–H groups in total. The minimum absolute atomic E-state index is 0.0666. The van der Waals surface area contributed by atoms with Crippen molar-refractivity contribution < 1.29 is 32.3 Å². The fraction of sp³-hybridized carbons (Fsp3) is 0.130. The van der Waals surface area contributed by atoms with Gasteiger partial charge in [-0.3, -0.25) is 9.59 Å². The lowest BCUT2D eigenvalue weighted by Gasteiger charge is -2.09. The Morgan fingerprint density at radius 2 is 1.65 bits per heavy atom. The van der Waals surface area contributed by atoms with Crippen molar-refractivity contribution in [2.24, 2.45) is 0 Å². The Bertz CT molecular complexity index is 1260. The highest BCUT2D eigenvalue weighted by molar-refractivity contribution is 7.90. The Labute approximate surface area is 196 Å². The first-order valence-electron chi connectivity index (χ1n) is 9.99. The number of sulfonamides is 1. The summed E-state index contributed by atoms with van der Waals surface area (Å²) >= 11 is 0. The topological polar surface area (TPSA) is 141 Å². The Morgan fingerprint density at radius 3 is 2.26 bits per heavy atom. The summed E-state index contributed by atoms with van der Waals surface area (Å²) in [6, 6.07) is 17.4. The van der Waals surface area contributed by atoms with E-state index < -0.39 is 22.1 Å². The summed E-state index contributed by atoms with van der Waals surface area (Å²) in [4.78, 5) is 39.1. The van der Waals surface area contributed by atoms with E-state index in [0.29, 0.717) is 12.1 Å². The van der Waals surface area contributed by atoms with E-state index >= 15 is 0 Å². The third kappa shape index (κ3) is 6.87. The van der Waals surface area contributed by atoms with E-state index in [4.69, 9.17) is 4.74 Å². The van der Waals surface area contributed by atoms with Crippen molar-refractivity contribution in [1.29, 1.82) is 0 Å². The molecule has 10 nitrogen and oxygen atoms in total. The Morgan fingerprint density at radius 1 is 0.941 bits per heavy atom. The molecule has 0 bridgehead atoms. The van der Waals surface area contributed by atoms with Crippen LogP contribution in [-0.4, -0.2) is 38.5 Å². The number of methoxy groups -OCH3 is 1. The first-order valence-corrected chi connectivity index (χ1v) is 11.5. The number of rotatable bonds is 8. The van der Waals surface area contributed by atoms with Gasteiger partial charge in [-0.2, -0.15) is 0 Å². The third-order valence-electron chi connectivity index (χ3n) is 4.51. The predicted molar refractivity (Wildman–Crippen MR) is 122 cm³/mol. The van der Waals surface area contributed by atoms with Gasteiger partial charge in [0.15, 0.2) is 0 Å². The van der Waals surface area contributed by atoms with Gasteiger partial charge in [-0.05, 0) is 42.3 Å². The number of nitrogens with one attached hydrogen (secondary N) is 2. The maximum atomic E-state index is 12.5. The third-order valence-corrected chi connectivity index (χ3v) is 5.86. The number of carbonyl (C=O) groups excluding carboxylic acids is 3. The summed E-state index contributed by atoms with van der Waals surface area (Å²) in [5.74, 6) is -1.25. The molecule has 0 saturated heterocycles. The van der Waals surface area contributed by atoms with Gasteiger partial charge >= 0.3 is 6.16 Å². The van der Waals surface area contributed by atoms with Crippen molar-refractivity contribution in [2.75, 3.05) is 12.4 Å². The SMILES string of the molecule is COC(=O)Oc1ccc(C(=O)NS(=O)(=O)c2ccc(NC(=O)CCc3ccccc3)cc2)cn1. The molecular formula is C23H21N3O7S. The molecule has 176 valence electrons. The molecule has 0 aliphatic carbocycles. The number of ether oxygens (including phenoxy) is 2.